The van der Waals surface area contributed by atoms with Crippen molar-refractivity contribution in [1.29, 1.82) is 0 Å². The molecule has 0 spiro atoms. The molecule has 1 saturated carbocycles. The lowest BCUT2D eigenvalue weighted by Gasteiger charge is -2.16. The van der Waals surface area contributed by atoms with Crippen molar-refractivity contribution in [1.82, 2.24) is 9.88 Å². The number of carbonyl (C=O) groups is 2. The van der Waals surface area contributed by atoms with E-state index >= 15 is 0 Å². The van der Waals surface area contributed by atoms with Crippen molar-refractivity contribution < 1.29 is 9.59 Å². The molecule has 5 nitrogen and oxygen atoms in total. The number of pyridine rings is 1. The number of fused-ring (bicyclic) bond motifs is 1. The highest BCUT2D eigenvalue weighted by Gasteiger charge is 2.49. The first-order valence-corrected chi connectivity index (χ1v) is 7.24. The lowest BCUT2D eigenvalue weighted by molar-refractivity contribution is -0.141. The topological polar surface area (TPSA) is 62.3 Å². The van der Waals surface area contributed by atoms with Gasteiger partial charge < -0.3 is 5.32 Å². The minimum absolute atomic E-state index is 0.0133. The van der Waals surface area contributed by atoms with Crippen molar-refractivity contribution in [3.05, 3.63) is 23.9 Å². The predicted octanol–water partition coefficient (Wildman–Crippen LogP) is 1.80. The van der Waals surface area contributed by atoms with Gasteiger partial charge in [0.05, 0.1) is 18.4 Å². The third kappa shape index (κ3) is 2.17. The third-order valence-electron chi connectivity index (χ3n) is 4.21. The molecule has 2 fully saturated rings. The summed E-state index contributed by atoms with van der Waals surface area (Å²) in [7, 11) is 0. The maximum atomic E-state index is 12.3. The molecular weight excluding hydrogens is 254 g/mol. The molecule has 0 radical (unpaired) electrons. The summed E-state index contributed by atoms with van der Waals surface area (Å²) >= 11 is 0. The first-order valence-electron chi connectivity index (χ1n) is 7.24. The predicted molar refractivity (Wildman–Crippen MR) is 74.8 cm³/mol. The van der Waals surface area contributed by atoms with Gasteiger partial charge in [-0.25, -0.2) is 4.98 Å². The van der Waals surface area contributed by atoms with Crippen LogP contribution < -0.4 is 5.32 Å². The summed E-state index contributed by atoms with van der Waals surface area (Å²) in [5.41, 5.74) is 0.942. The van der Waals surface area contributed by atoms with Crippen LogP contribution in [0.4, 0.5) is 5.82 Å². The summed E-state index contributed by atoms with van der Waals surface area (Å²) in [6.45, 7) is 3.16. The van der Waals surface area contributed by atoms with Crippen LogP contribution in [0, 0.1) is 11.8 Å². The van der Waals surface area contributed by atoms with Crippen molar-refractivity contribution >= 4 is 17.6 Å². The summed E-state index contributed by atoms with van der Waals surface area (Å²) in [4.78, 5) is 30.2. The van der Waals surface area contributed by atoms with Gasteiger partial charge in [-0.1, -0.05) is 6.42 Å². The molecule has 1 N–H and O–H groups in total. The highest BCUT2D eigenvalue weighted by molar-refractivity contribution is 6.05. The van der Waals surface area contributed by atoms with Crippen molar-refractivity contribution in [2.24, 2.45) is 11.8 Å². The van der Waals surface area contributed by atoms with E-state index in [1.54, 1.807) is 6.20 Å². The average molecular weight is 273 g/mol. The molecule has 2 heterocycles. The monoisotopic (exact) mass is 273 g/mol. The maximum absolute atomic E-state index is 12.3. The standard InChI is InChI=1S/C15H19N3O2/c1-2-16-13-8-10(6-7-17-13)9-18-14(19)11-4-3-5-12(11)15(18)20/h6-8,11-12H,2-5,9H2,1H3,(H,16,17). The van der Waals surface area contributed by atoms with Crippen LogP contribution in [-0.2, 0) is 16.1 Å². The van der Waals surface area contributed by atoms with Gasteiger partial charge in [-0.3, -0.25) is 14.5 Å². The van der Waals surface area contributed by atoms with E-state index in [0.29, 0.717) is 6.54 Å². The van der Waals surface area contributed by atoms with Crippen molar-refractivity contribution in [3.63, 3.8) is 0 Å². The molecule has 20 heavy (non-hydrogen) atoms. The van der Waals surface area contributed by atoms with Gasteiger partial charge in [0, 0.05) is 12.7 Å². The highest BCUT2D eigenvalue weighted by Crippen LogP contribution is 2.40. The highest BCUT2D eigenvalue weighted by atomic mass is 16.2. The Labute approximate surface area is 118 Å². The average Bonchev–Trinajstić information content (AvgIpc) is 3.00. The summed E-state index contributed by atoms with van der Waals surface area (Å²) in [6, 6.07) is 3.76. The molecule has 1 aliphatic carbocycles. The first-order chi connectivity index (χ1) is 9.70. The lowest BCUT2D eigenvalue weighted by atomic mass is 10.00. The second-order valence-corrected chi connectivity index (χ2v) is 5.49. The summed E-state index contributed by atoms with van der Waals surface area (Å²) in [6.07, 6.45) is 4.44. The quantitative estimate of drug-likeness (QED) is 0.850. The number of anilines is 1. The minimum atomic E-state index is -0.0578. The normalized spacial score (nSPS) is 25.1. The number of hydrogen-bond acceptors (Lipinski definition) is 4. The Morgan fingerprint density at radius 2 is 2.00 bits per heavy atom. The van der Waals surface area contributed by atoms with Crippen LogP contribution in [0.25, 0.3) is 0 Å². The van der Waals surface area contributed by atoms with Gasteiger partial charge in [-0.05, 0) is 37.5 Å². The van der Waals surface area contributed by atoms with Gasteiger partial charge in [-0.15, -0.1) is 0 Å². The first kappa shape index (κ1) is 13.1. The fourth-order valence-electron chi connectivity index (χ4n) is 3.25. The molecule has 1 aromatic rings. The van der Waals surface area contributed by atoms with Gasteiger partial charge in [0.1, 0.15) is 5.82 Å². The Kier molecular flexibility index (Phi) is 3.42. The molecular formula is C15H19N3O2. The van der Waals surface area contributed by atoms with Crippen LogP contribution in [0.3, 0.4) is 0 Å². The van der Waals surface area contributed by atoms with E-state index in [-0.39, 0.29) is 23.7 Å². The van der Waals surface area contributed by atoms with Crippen LogP contribution in [0.2, 0.25) is 0 Å². The molecule has 5 heteroatoms. The fraction of sp³-hybridized carbons (Fsp3) is 0.533. The summed E-state index contributed by atoms with van der Waals surface area (Å²) < 4.78 is 0. The van der Waals surface area contributed by atoms with Crippen LogP contribution in [0.15, 0.2) is 18.3 Å². The number of nitrogens with zero attached hydrogens (tertiary/aromatic N) is 2. The largest absolute Gasteiger partial charge is 0.370 e. The molecule has 0 bridgehead atoms. The van der Waals surface area contributed by atoms with Crippen molar-refractivity contribution in [2.45, 2.75) is 32.7 Å². The van der Waals surface area contributed by atoms with E-state index < -0.39 is 0 Å². The van der Waals surface area contributed by atoms with Crippen LogP contribution in [-0.4, -0.2) is 28.2 Å². The van der Waals surface area contributed by atoms with Gasteiger partial charge in [0.2, 0.25) is 11.8 Å². The fourth-order valence-corrected chi connectivity index (χ4v) is 3.25. The zero-order valence-corrected chi connectivity index (χ0v) is 11.6. The Hall–Kier alpha value is -1.91. The second kappa shape index (κ2) is 5.23. The van der Waals surface area contributed by atoms with Crippen LogP contribution in [0.5, 0.6) is 0 Å². The number of aromatic nitrogens is 1. The van der Waals surface area contributed by atoms with E-state index in [1.807, 2.05) is 19.1 Å². The second-order valence-electron chi connectivity index (χ2n) is 5.49. The number of amides is 2. The number of carbonyl (C=O) groups excluding carboxylic acids is 2. The van der Waals surface area contributed by atoms with E-state index in [2.05, 4.69) is 10.3 Å². The summed E-state index contributed by atoms with van der Waals surface area (Å²) in [5.74, 6) is 0.693. The Morgan fingerprint density at radius 3 is 2.65 bits per heavy atom. The molecule has 106 valence electrons. The molecule has 2 aliphatic rings. The molecule has 3 rings (SSSR count). The van der Waals surface area contributed by atoms with Gasteiger partial charge in [0.15, 0.2) is 0 Å². The molecule has 0 aromatic carbocycles. The van der Waals surface area contributed by atoms with E-state index in [9.17, 15) is 9.59 Å². The molecule has 1 aromatic heterocycles. The van der Waals surface area contributed by atoms with Gasteiger partial charge >= 0.3 is 0 Å². The molecule has 2 amide bonds. The molecule has 1 aliphatic heterocycles. The van der Waals surface area contributed by atoms with E-state index in [0.717, 1.165) is 37.2 Å². The van der Waals surface area contributed by atoms with Crippen molar-refractivity contribution in [3.8, 4) is 0 Å². The number of likely N-dealkylation sites (tertiary alicyclic amines) is 1. The van der Waals surface area contributed by atoms with Crippen LogP contribution in [0.1, 0.15) is 31.7 Å². The molecule has 2 unspecified atom stereocenters. The number of imide groups is 1. The molecule has 2 atom stereocenters. The van der Waals surface area contributed by atoms with Gasteiger partial charge in [0.25, 0.3) is 0 Å². The maximum Gasteiger partial charge on any atom is 0.233 e. The number of hydrogen-bond donors (Lipinski definition) is 1. The molecule has 1 saturated heterocycles. The lowest BCUT2D eigenvalue weighted by Crippen LogP contribution is -2.31. The third-order valence-corrected chi connectivity index (χ3v) is 4.21. The zero-order valence-electron chi connectivity index (χ0n) is 11.6. The van der Waals surface area contributed by atoms with E-state index in [1.165, 1.54) is 4.90 Å². The number of nitrogens with one attached hydrogen (secondary N) is 1. The zero-order chi connectivity index (χ0) is 14.1. The van der Waals surface area contributed by atoms with Gasteiger partial charge in [-0.2, -0.15) is 0 Å². The van der Waals surface area contributed by atoms with Crippen molar-refractivity contribution in [2.75, 3.05) is 11.9 Å². The van der Waals surface area contributed by atoms with Crippen LogP contribution >= 0.6 is 0 Å². The minimum Gasteiger partial charge on any atom is -0.370 e. The summed E-state index contributed by atoms with van der Waals surface area (Å²) in [5, 5.41) is 3.14. The number of rotatable bonds is 4. The van der Waals surface area contributed by atoms with E-state index in [4.69, 9.17) is 0 Å². The Bertz CT molecular complexity index is 522. The SMILES string of the molecule is CCNc1cc(CN2C(=O)C3CCCC3C2=O)ccn1. The Morgan fingerprint density at radius 1 is 1.30 bits per heavy atom. The Balaban J connectivity index is 1.76. The smallest absolute Gasteiger partial charge is 0.233 e.